The van der Waals surface area contributed by atoms with Crippen LogP contribution in [0.3, 0.4) is 0 Å². The van der Waals surface area contributed by atoms with Crippen LogP contribution in [0, 0.1) is 5.95 Å². The van der Waals surface area contributed by atoms with Gasteiger partial charge in [-0.05, 0) is 6.07 Å². The first kappa shape index (κ1) is 10.5. The van der Waals surface area contributed by atoms with E-state index in [9.17, 15) is 22.1 Å². The van der Waals surface area contributed by atoms with Crippen LogP contribution in [0.4, 0.5) is 17.3 Å². The summed E-state index contributed by atoms with van der Waals surface area (Å²) in [6.07, 6.45) is 0. The maximum absolute atomic E-state index is 12.7. The molecule has 0 atom stereocenters. The molecule has 1 rings (SSSR count). The quantitative estimate of drug-likeness (QED) is 0.432. The molecular formula is C6H4BF4N2O-. The first-order chi connectivity index (χ1) is 6.32. The van der Waals surface area contributed by atoms with Crippen molar-refractivity contribution in [2.75, 3.05) is 0 Å². The molecule has 0 aromatic carbocycles. The van der Waals surface area contributed by atoms with E-state index in [0.717, 1.165) is 6.07 Å². The average Bonchev–Trinajstić information content (AvgIpc) is 2.01. The number of amides is 1. The highest BCUT2D eigenvalue weighted by atomic mass is 19.4. The lowest BCUT2D eigenvalue weighted by Gasteiger charge is -2.14. The van der Waals surface area contributed by atoms with Crippen LogP contribution in [0.25, 0.3) is 0 Å². The molecule has 0 aliphatic carbocycles. The van der Waals surface area contributed by atoms with E-state index >= 15 is 0 Å². The molecule has 0 saturated carbocycles. The SMILES string of the molecule is NC(=O)c1ccc([B-](F)(F)F)c(F)n1. The van der Waals surface area contributed by atoms with Crippen LogP contribution in [0.15, 0.2) is 12.1 Å². The summed E-state index contributed by atoms with van der Waals surface area (Å²) in [7, 11) is 0. The number of halogens is 4. The zero-order valence-corrected chi connectivity index (χ0v) is 6.68. The highest BCUT2D eigenvalue weighted by Crippen LogP contribution is 2.10. The summed E-state index contributed by atoms with van der Waals surface area (Å²) in [5.74, 6) is -2.81. The minimum Gasteiger partial charge on any atom is -0.445 e. The molecule has 0 radical (unpaired) electrons. The predicted molar refractivity (Wildman–Crippen MR) is 41.4 cm³/mol. The van der Waals surface area contributed by atoms with Gasteiger partial charge in [-0.15, -0.1) is 0 Å². The highest BCUT2D eigenvalue weighted by molar-refractivity contribution is 6.73. The monoisotopic (exact) mass is 207 g/mol. The Kier molecular flexibility index (Phi) is 2.46. The molecule has 14 heavy (non-hydrogen) atoms. The molecule has 0 aliphatic rings. The zero-order valence-electron chi connectivity index (χ0n) is 6.68. The molecule has 0 bridgehead atoms. The maximum Gasteiger partial charge on any atom is 0.514 e. The van der Waals surface area contributed by atoms with Gasteiger partial charge in [-0.2, -0.15) is 4.39 Å². The van der Waals surface area contributed by atoms with Gasteiger partial charge in [0.25, 0.3) is 5.91 Å². The topological polar surface area (TPSA) is 56.0 Å². The molecular weight excluding hydrogens is 203 g/mol. The molecule has 76 valence electrons. The van der Waals surface area contributed by atoms with E-state index in [1.807, 2.05) is 0 Å². The number of nitrogens with zero attached hydrogens (tertiary/aromatic N) is 1. The number of pyridine rings is 1. The smallest absolute Gasteiger partial charge is 0.445 e. The summed E-state index contributed by atoms with van der Waals surface area (Å²) < 4.78 is 48.8. The van der Waals surface area contributed by atoms with Crippen molar-refractivity contribution >= 4 is 18.3 Å². The fourth-order valence-electron chi connectivity index (χ4n) is 0.826. The standard InChI is InChI=1S/C6H4BF4N2O/c8-5-3(7(9,10)11)1-2-4(13-5)6(12)14/h1-2H,(H2,12,14)/q-1. The minimum absolute atomic E-state index is 0.447. The molecule has 2 N–H and O–H groups in total. The Balaban J connectivity index is 3.21. The van der Waals surface area contributed by atoms with Crippen LogP contribution in [0.2, 0.25) is 0 Å². The number of primary amides is 1. The van der Waals surface area contributed by atoms with Crippen molar-refractivity contribution in [3.8, 4) is 0 Å². The molecule has 0 fully saturated rings. The number of nitrogens with two attached hydrogens (primary N) is 1. The van der Waals surface area contributed by atoms with Crippen LogP contribution >= 0.6 is 0 Å². The van der Waals surface area contributed by atoms with Gasteiger partial charge in [0.2, 0.25) is 0 Å². The van der Waals surface area contributed by atoms with Crippen LogP contribution in [0.1, 0.15) is 10.5 Å². The van der Waals surface area contributed by atoms with Gasteiger partial charge in [0, 0.05) is 0 Å². The highest BCUT2D eigenvalue weighted by Gasteiger charge is 2.30. The Morgan fingerprint density at radius 1 is 1.36 bits per heavy atom. The number of carbonyl (C=O) groups excluding carboxylic acids is 1. The zero-order chi connectivity index (χ0) is 10.9. The second-order valence-corrected chi connectivity index (χ2v) is 2.52. The molecule has 1 amide bonds. The molecule has 0 unspecified atom stereocenters. The lowest BCUT2D eigenvalue weighted by Crippen LogP contribution is -2.38. The van der Waals surface area contributed by atoms with Crippen molar-refractivity contribution in [1.82, 2.24) is 4.98 Å². The van der Waals surface area contributed by atoms with Crippen molar-refractivity contribution in [3.05, 3.63) is 23.8 Å². The normalized spacial score (nSPS) is 11.4. The van der Waals surface area contributed by atoms with E-state index in [0.29, 0.717) is 6.07 Å². The van der Waals surface area contributed by atoms with Crippen LogP contribution < -0.4 is 11.2 Å². The van der Waals surface area contributed by atoms with Gasteiger partial charge in [-0.3, -0.25) is 4.79 Å². The molecule has 0 spiro atoms. The Morgan fingerprint density at radius 2 is 1.93 bits per heavy atom. The summed E-state index contributed by atoms with van der Waals surface area (Å²) in [5, 5.41) is 0. The van der Waals surface area contributed by atoms with E-state index < -0.39 is 30.0 Å². The fraction of sp³-hybridized carbons (Fsp3) is 0. The third-order valence-electron chi connectivity index (χ3n) is 1.48. The average molecular weight is 207 g/mol. The predicted octanol–water partition coefficient (Wildman–Crippen LogP) is 0.374. The summed E-state index contributed by atoms with van der Waals surface area (Å²) >= 11 is 0. The first-order valence-electron chi connectivity index (χ1n) is 3.48. The van der Waals surface area contributed by atoms with E-state index in [4.69, 9.17) is 5.73 Å². The van der Waals surface area contributed by atoms with Crippen LogP contribution in [0.5, 0.6) is 0 Å². The Hall–Kier alpha value is -1.60. The summed E-state index contributed by atoms with van der Waals surface area (Å²) in [6.45, 7) is -5.46. The Bertz CT molecular complexity index is 379. The Labute approximate surface area is 76.0 Å². The molecule has 0 aliphatic heterocycles. The molecule has 1 aromatic rings. The number of carbonyl (C=O) groups is 1. The third kappa shape index (κ3) is 2.01. The van der Waals surface area contributed by atoms with E-state index in [1.54, 1.807) is 0 Å². The summed E-state index contributed by atoms with van der Waals surface area (Å²) in [4.78, 5) is 13.2. The van der Waals surface area contributed by atoms with Crippen LogP contribution in [-0.4, -0.2) is 17.9 Å². The molecule has 1 aromatic heterocycles. The molecule has 8 heteroatoms. The van der Waals surface area contributed by atoms with Gasteiger partial charge in [0.05, 0.1) is 0 Å². The van der Waals surface area contributed by atoms with Crippen molar-refractivity contribution in [3.63, 3.8) is 0 Å². The number of hydrogen-bond donors (Lipinski definition) is 1. The number of rotatable bonds is 2. The van der Waals surface area contributed by atoms with Crippen molar-refractivity contribution in [2.45, 2.75) is 0 Å². The lowest BCUT2D eigenvalue weighted by molar-refractivity contribution is 0.0994. The van der Waals surface area contributed by atoms with E-state index in [1.165, 1.54) is 0 Å². The number of aromatic nitrogens is 1. The largest absolute Gasteiger partial charge is 0.514 e. The van der Waals surface area contributed by atoms with Gasteiger partial charge in [-0.25, -0.2) is 4.98 Å². The molecule has 3 nitrogen and oxygen atoms in total. The van der Waals surface area contributed by atoms with Gasteiger partial charge < -0.3 is 18.7 Å². The van der Waals surface area contributed by atoms with Gasteiger partial charge >= 0.3 is 6.98 Å². The second kappa shape index (κ2) is 3.28. The van der Waals surface area contributed by atoms with Crippen molar-refractivity contribution in [2.24, 2.45) is 5.73 Å². The fourth-order valence-corrected chi connectivity index (χ4v) is 0.826. The van der Waals surface area contributed by atoms with Gasteiger partial charge in [0.1, 0.15) is 5.69 Å². The Morgan fingerprint density at radius 3 is 2.29 bits per heavy atom. The molecule has 1 heterocycles. The van der Waals surface area contributed by atoms with Crippen molar-refractivity contribution in [1.29, 1.82) is 0 Å². The van der Waals surface area contributed by atoms with E-state index in [2.05, 4.69) is 4.98 Å². The second-order valence-electron chi connectivity index (χ2n) is 2.52. The maximum atomic E-state index is 12.7. The summed E-state index contributed by atoms with van der Waals surface area (Å²) in [5.41, 5.74) is 2.70. The van der Waals surface area contributed by atoms with E-state index in [-0.39, 0.29) is 0 Å². The van der Waals surface area contributed by atoms with Crippen LogP contribution in [-0.2, 0) is 0 Å². The van der Waals surface area contributed by atoms with Gasteiger partial charge in [0.15, 0.2) is 5.95 Å². The lowest BCUT2D eigenvalue weighted by atomic mass is 9.81. The number of hydrogen-bond acceptors (Lipinski definition) is 2. The minimum atomic E-state index is -5.46. The first-order valence-corrected chi connectivity index (χ1v) is 3.48. The molecule has 0 saturated heterocycles. The van der Waals surface area contributed by atoms with Crippen molar-refractivity contribution < 1.29 is 22.1 Å². The summed E-state index contributed by atoms with van der Waals surface area (Å²) in [6, 6.07) is 1.18. The van der Waals surface area contributed by atoms with Gasteiger partial charge in [-0.1, -0.05) is 11.5 Å². The third-order valence-corrected chi connectivity index (χ3v) is 1.48.